The summed E-state index contributed by atoms with van der Waals surface area (Å²) in [6, 6.07) is 12.8. The average molecular weight is 393 g/mol. The number of amides is 1. The number of rotatable bonds is 7. The number of hydrogen-bond donors (Lipinski definition) is 1. The van der Waals surface area contributed by atoms with Crippen molar-refractivity contribution in [3.05, 3.63) is 59.2 Å². The lowest BCUT2D eigenvalue weighted by Crippen LogP contribution is -2.22. The van der Waals surface area contributed by atoms with Crippen molar-refractivity contribution in [2.45, 2.75) is 24.5 Å². The highest BCUT2D eigenvalue weighted by Crippen LogP contribution is 2.22. The van der Waals surface area contributed by atoms with Gasteiger partial charge < -0.3 is 5.32 Å². The number of nitrogens with zero attached hydrogens (tertiary/aromatic N) is 1. The molecule has 2 aromatic rings. The largest absolute Gasteiger partial charge is 0.325 e. The molecule has 140 valence electrons. The molecule has 0 aliphatic heterocycles. The molecule has 2 aromatic carbocycles. The highest BCUT2D eigenvalue weighted by Gasteiger charge is 2.18. The van der Waals surface area contributed by atoms with Gasteiger partial charge in [-0.3, -0.25) is 4.79 Å². The number of aryl methyl sites for hydroxylation is 2. The Labute approximate surface area is 159 Å². The Morgan fingerprint density at radius 3 is 2.42 bits per heavy atom. The van der Waals surface area contributed by atoms with Crippen LogP contribution in [0, 0.1) is 13.8 Å². The zero-order valence-electron chi connectivity index (χ0n) is 15.4. The molecule has 1 amide bonds. The zero-order chi connectivity index (χ0) is 19.3. The monoisotopic (exact) mass is 392 g/mol. The minimum Gasteiger partial charge on any atom is -0.325 e. The van der Waals surface area contributed by atoms with Crippen LogP contribution in [0.2, 0.25) is 0 Å². The van der Waals surface area contributed by atoms with E-state index in [9.17, 15) is 13.2 Å². The topological polar surface area (TPSA) is 66.5 Å². The van der Waals surface area contributed by atoms with E-state index in [0.717, 1.165) is 15.6 Å². The molecule has 0 saturated carbocycles. The first-order valence-electron chi connectivity index (χ1n) is 8.17. The molecule has 0 atom stereocenters. The van der Waals surface area contributed by atoms with Crippen molar-refractivity contribution < 1.29 is 13.2 Å². The second-order valence-corrected chi connectivity index (χ2v) is 9.37. The standard InChI is InChI=1S/C19H24N2O3S2/c1-14-7-5-6-8-16(14)12-25-13-19(22)20-18-11-17(10-9-15(18)2)26(23,24)21(3)4/h5-11H,12-13H2,1-4H3,(H,20,22). The number of carbonyl (C=O) groups excluding carboxylic acids is 1. The fourth-order valence-corrected chi connectivity index (χ4v) is 4.15. The number of nitrogens with one attached hydrogen (secondary N) is 1. The summed E-state index contributed by atoms with van der Waals surface area (Å²) in [5.41, 5.74) is 3.76. The number of hydrogen-bond acceptors (Lipinski definition) is 4. The van der Waals surface area contributed by atoms with E-state index in [-0.39, 0.29) is 10.8 Å². The fraction of sp³-hybridized carbons (Fsp3) is 0.316. The van der Waals surface area contributed by atoms with Gasteiger partial charge in [-0.2, -0.15) is 0 Å². The third-order valence-electron chi connectivity index (χ3n) is 4.01. The molecule has 0 unspecified atom stereocenters. The van der Waals surface area contributed by atoms with Gasteiger partial charge in [0.2, 0.25) is 15.9 Å². The van der Waals surface area contributed by atoms with Gasteiger partial charge in [0, 0.05) is 25.5 Å². The van der Waals surface area contributed by atoms with Gasteiger partial charge in [-0.1, -0.05) is 30.3 Å². The molecule has 0 radical (unpaired) electrons. The molecule has 26 heavy (non-hydrogen) atoms. The average Bonchev–Trinajstić information content (AvgIpc) is 2.58. The summed E-state index contributed by atoms with van der Waals surface area (Å²) in [5, 5.41) is 2.82. The quantitative estimate of drug-likeness (QED) is 0.784. The van der Waals surface area contributed by atoms with E-state index < -0.39 is 10.0 Å². The molecule has 5 nitrogen and oxygen atoms in total. The molecule has 7 heteroatoms. The molecule has 1 N–H and O–H groups in total. The summed E-state index contributed by atoms with van der Waals surface area (Å²) in [6.07, 6.45) is 0. The maximum Gasteiger partial charge on any atom is 0.242 e. The second kappa shape index (κ2) is 8.70. The Hall–Kier alpha value is -1.83. The van der Waals surface area contributed by atoms with Crippen LogP contribution in [0.3, 0.4) is 0 Å². The van der Waals surface area contributed by atoms with Gasteiger partial charge in [0.1, 0.15) is 0 Å². The van der Waals surface area contributed by atoms with Crippen molar-refractivity contribution in [3.8, 4) is 0 Å². The summed E-state index contributed by atoms with van der Waals surface area (Å²) < 4.78 is 25.7. The van der Waals surface area contributed by atoms with Crippen molar-refractivity contribution in [1.82, 2.24) is 4.31 Å². The van der Waals surface area contributed by atoms with Crippen molar-refractivity contribution in [1.29, 1.82) is 0 Å². The number of sulfonamides is 1. The SMILES string of the molecule is Cc1ccccc1CSCC(=O)Nc1cc(S(=O)(=O)N(C)C)ccc1C. The van der Waals surface area contributed by atoms with Crippen molar-refractivity contribution in [3.63, 3.8) is 0 Å². The number of thioether (sulfide) groups is 1. The van der Waals surface area contributed by atoms with E-state index in [0.29, 0.717) is 11.4 Å². The molecule has 0 spiro atoms. The molecule has 0 aliphatic rings. The third kappa shape index (κ3) is 5.09. The molecule has 0 fully saturated rings. The molecular weight excluding hydrogens is 368 g/mol. The van der Waals surface area contributed by atoms with E-state index >= 15 is 0 Å². The number of benzene rings is 2. The van der Waals surface area contributed by atoms with E-state index in [2.05, 4.69) is 24.4 Å². The summed E-state index contributed by atoms with van der Waals surface area (Å²) in [7, 11) is -0.569. The molecule has 0 aliphatic carbocycles. The van der Waals surface area contributed by atoms with Crippen LogP contribution in [-0.4, -0.2) is 38.5 Å². The van der Waals surface area contributed by atoms with Gasteiger partial charge in [-0.25, -0.2) is 12.7 Å². The van der Waals surface area contributed by atoms with Gasteiger partial charge >= 0.3 is 0 Å². The molecular formula is C19H24N2O3S2. The van der Waals surface area contributed by atoms with Crippen LogP contribution in [0.5, 0.6) is 0 Å². The molecule has 0 heterocycles. The van der Waals surface area contributed by atoms with Crippen LogP contribution in [0.1, 0.15) is 16.7 Å². The summed E-state index contributed by atoms with van der Waals surface area (Å²) in [6.45, 7) is 3.89. The Kier molecular flexibility index (Phi) is 6.86. The lowest BCUT2D eigenvalue weighted by Gasteiger charge is -2.14. The molecule has 0 aromatic heterocycles. The van der Waals surface area contributed by atoms with E-state index in [1.54, 1.807) is 12.1 Å². The summed E-state index contributed by atoms with van der Waals surface area (Å²) >= 11 is 1.53. The summed E-state index contributed by atoms with van der Waals surface area (Å²) in [5.74, 6) is 0.915. The molecule has 2 rings (SSSR count). The molecule has 0 bridgehead atoms. The first-order chi connectivity index (χ1) is 12.2. The Balaban J connectivity index is 2.01. The predicted molar refractivity (Wildman–Crippen MR) is 108 cm³/mol. The maximum atomic E-state index is 12.3. The maximum absolute atomic E-state index is 12.3. The van der Waals surface area contributed by atoms with Crippen molar-refractivity contribution >= 4 is 33.4 Å². The number of anilines is 1. The van der Waals surface area contributed by atoms with Crippen molar-refractivity contribution in [2.24, 2.45) is 0 Å². The highest BCUT2D eigenvalue weighted by atomic mass is 32.2. The Morgan fingerprint density at radius 1 is 1.08 bits per heavy atom. The third-order valence-corrected chi connectivity index (χ3v) is 6.81. The van der Waals surface area contributed by atoms with Crippen LogP contribution < -0.4 is 5.32 Å². The van der Waals surface area contributed by atoms with Crippen LogP contribution in [0.25, 0.3) is 0 Å². The first-order valence-corrected chi connectivity index (χ1v) is 10.8. The highest BCUT2D eigenvalue weighted by molar-refractivity contribution is 7.99. The minimum absolute atomic E-state index is 0.147. The number of carbonyl (C=O) groups is 1. The van der Waals surface area contributed by atoms with Gasteiger partial charge in [0.05, 0.1) is 10.6 Å². The normalized spacial score (nSPS) is 11.6. The Morgan fingerprint density at radius 2 is 1.77 bits per heavy atom. The van der Waals surface area contributed by atoms with Crippen LogP contribution in [-0.2, 0) is 20.6 Å². The van der Waals surface area contributed by atoms with Crippen LogP contribution in [0.15, 0.2) is 47.4 Å². The minimum atomic E-state index is -3.53. The van der Waals surface area contributed by atoms with Gasteiger partial charge in [0.15, 0.2) is 0 Å². The van der Waals surface area contributed by atoms with Crippen molar-refractivity contribution in [2.75, 3.05) is 25.2 Å². The van der Waals surface area contributed by atoms with E-state index in [1.165, 1.54) is 43.1 Å². The van der Waals surface area contributed by atoms with Crippen LogP contribution in [0.4, 0.5) is 5.69 Å². The molecule has 0 saturated heterocycles. The van der Waals surface area contributed by atoms with Crippen LogP contribution >= 0.6 is 11.8 Å². The van der Waals surface area contributed by atoms with E-state index in [1.807, 2.05) is 19.1 Å². The lowest BCUT2D eigenvalue weighted by molar-refractivity contribution is -0.113. The second-order valence-electron chi connectivity index (χ2n) is 6.23. The van der Waals surface area contributed by atoms with E-state index in [4.69, 9.17) is 0 Å². The Bertz CT molecular complexity index is 893. The van der Waals surface area contributed by atoms with Gasteiger partial charge in [-0.05, 0) is 42.7 Å². The fourth-order valence-electron chi connectivity index (χ4n) is 2.32. The van der Waals surface area contributed by atoms with Gasteiger partial charge in [-0.15, -0.1) is 11.8 Å². The predicted octanol–water partition coefficient (Wildman–Crippen LogP) is 3.43. The first kappa shape index (κ1) is 20.5. The lowest BCUT2D eigenvalue weighted by atomic mass is 10.1. The zero-order valence-corrected chi connectivity index (χ0v) is 17.1. The smallest absolute Gasteiger partial charge is 0.242 e. The van der Waals surface area contributed by atoms with Gasteiger partial charge in [0.25, 0.3) is 0 Å². The summed E-state index contributed by atoms with van der Waals surface area (Å²) in [4.78, 5) is 12.4.